The van der Waals surface area contributed by atoms with Gasteiger partial charge in [0.1, 0.15) is 10.8 Å². The van der Waals surface area contributed by atoms with Crippen molar-refractivity contribution in [3.63, 3.8) is 0 Å². The minimum Gasteiger partial charge on any atom is -0.369 e. The molecule has 10 nitrogen and oxygen atoms in total. The molecule has 0 aliphatic rings. The number of tetrazole rings is 1. The molecule has 0 aliphatic heterocycles. The number of aromatic amines is 1. The van der Waals surface area contributed by atoms with Crippen LogP contribution in [0, 0.1) is 4.91 Å². The van der Waals surface area contributed by atoms with Gasteiger partial charge >= 0.3 is 5.16 Å². The lowest BCUT2D eigenvalue weighted by atomic mass is 10.1. The van der Waals surface area contributed by atoms with E-state index in [4.69, 9.17) is 5.73 Å². The number of hydrogen-bond acceptors (Lipinski definition) is 7. The van der Waals surface area contributed by atoms with Crippen LogP contribution in [0.5, 0.6) is 0 Å². The molecule has 0 saturated carbocycles. The number of carbonyl (C=O) groups is 2. The minimum atomic E-state index is -0.433. The predicted octanol–water partition coefficient (Wildman–Crippen LogP) is 1.46. The Morgan fingerprint density at radius 2 is 2.00 bits per heavy atom. The highest BCUT2D eigenvalue weighted by molar-refractivity contribution is 7.99. The fraction of sp³-hybridized carbons (Fsp3) is 0.118. The maximum Gasteiger partial charge on any atom is 0.364 e. The van der Waals surface area contributed by atoms with E-state index in [1.165, 1.54) is 23.9 Å². The van der Waals surface area contributed by atoms with Crippen LogP contribution in [0.4, 0.5) is 11.4 Å². The Kier molecular flexibility index (Phi) is 5.75. The number of anilines is 1. The van der Waals surface area contributed by atoms with Crippen LogP contribution in [0.15, 0.2) is 57.7 Å². The molecule has 0 bridgehead atoms. The van der Waals surface area contributed by atoms with Gasteiger partial charge < -0.3 is 11.1 Å². The Morgan fingerprint density at radius 1 is 1.25 bits per heavy atom. The SMILES string of the molecule is C[n+]1[nH]nnc1Sc1ccc(N=O)cc1C(=O)Nc1ccc(CC(N)=O)cc1. The number of nitrogens with zero attached hydrogens (tertiary/aromatic N) is 4. The second-order valence-corrected chi connectivity index (χ2v) is 6.82. The fourth-order valence-corrected chi connectivity index (χ4v) is 3.23. The van der Waals surface area contributed by atoms with Gasteiger partial charge in [-0.05, 0) is 52.8 Å². The van der Waals surface area contributed by atoms with Crippen LogP contribution in [0.3, 0.4) is 0 Å². The average Bonchev–Trinajstić information content (AvgIpc) is 3.08. The molecule has 1 heterocycles. The van der Waals surface area contributed by atoms with Gasteiger partial charge in [0.2, 0.25) is 5.91 Å². The number of amides is 2. The molecule has 3 aromatic rings. The quantitative estimate of drug-likeness (QED) is 0.405. The number of nitroso groups, excluding NO2 is 1. The number of carbonyl (C=O) groups excluding carboxylic acids is 2. The number of aryl methyl sites for hydroxylation is 1. The van der Waals surface area contributed by atoms with Gasteiger partial charge in [-0.25, -0.2) is 0 Å². The van der Waals surface area contributed by atoms with E-state index in [0.717, 1.165) is 5.56 Å². The molecule has 3 rings (SSSR count). The predicted molar refractivity (Wildman–Crippen MR) is 101 cm³/mol. The summed E-state index contributed by atoms with van der Waals surface area (Å²) in [5.41, 5.74) is 6.85. The summed E-state index contributed by atoms with van der Waals surface area (Å²) in [6.07, 6.45) is 0.122. The molecular weight excluding hydrogens is 382 g/mol. The molecule has 4 N–H and O–H groups in total. The zero-order valence-corrected chi connectivity index (χ0v) is 15.6. The first kappa shape index (κ1) is 19.2. The molecule has 0 radical (unpaired) electrons. The lowest BCUT2D eigenvalue weighted by Crippen LogP contribution is -2.32. The van der Waals surface area contributed by atoms with Crippen LogP contribution < -0.4 is 15.7 Å². The first-order valence-electron chi connectivity index (χ1n) is 8.07. The maximum absolute atomic E-state index is 12.8. The van der Waals surface area contributed by atoms with Crippen molar-refractivity contribution in [3.05, 3.63) is 58.5 Å². The Labute approximate surface area is 163 Å². The van der Waals surface area contributed by atoms with E-state index >= 15 is 0 Å². The summed E-state index contributed by atoms with van der Waals surface area (Å²) < 4.78 is 1.59. The highest BCUT2D eigenvalue weighted by Gasteiger charge is 2.20. The highest BCUT2D eigenvalue weighted by atomic mass is 32.2. The van der Waals surface area contributed by atoms with Crippen molar-refractivity contribution in [1.82, 2.24) is 15.5 Å². The van der Waals surface area contributed by atoms with Gasteiger partial charge in [-0.15, -0.1) is 4.91 Å². The van der Waals surface area contributed by atoms with Gasteiger partial charge in [0.05, 0.1) is 19.0 Å². The van der Waals surface area contributed by atoms with Gasteiger partial charge in [-0.3, -0.25) is 9.59 Å². The maximum atomic E-state index is 12.8. The Bertz CT molecular complexity index is 1030. The monoisotopic (exact) mass is 398 g/mol. The molecule has 2 aromatic carbocycles. The van der Waals surface area contributed by atoms with Gasteiger partial charge in [-0.1, -0.05) is 17.3 Å². The van der Waals surface area contributed by atoms with E-state index in [2.05, 4.69) is 26.0 Å². The molecule has 11 heteroatoms. The standard InChI is InChI=1S/C17H15N7O3S/c1-24-17(20-22-23-24)28-14-7-6-12(21-27)9-13(14)16(26)19-11-4-2-10(3-5-11)8-15(18)25/h2-7,9H,8H2,1H3,(H3,18,19,25,26)/p+1. The zero-order valence-electron chi connectivity index (χ0n) is 14.7. The zero-order chi connectivity index (χ0) is 20.1. The van der Waals surface area contributed by atoms with Crippen molar-refractivity contribution in [2.45, 2.75) is 16.5 Å². The van der Waals surface area contributed by atoms with E-state index in [-0.39, 0.29) is 17.7 Å². The fourth-order valence-electron chi connectivity index (χ4n) is 2.38. The van der Waals surface area contributed by atoms with E-state index < -0.39 is 11.8 Å². The lowest BCUT2D eigenvalue weighted by Gasteiger charge is -2.09. The van der Waals surface area contributed by atoms with Crippen molar-refractivity contribution < 1.29 is 14.3 Å². The van der Waals surface area contributed by atoms with Crippen LogP contribution in [0.25, 0.3) is 0 Å². The molecule has 1 aromatic heterocycles. The number of hydrogen-bond donors (Lipinski definition) is 3. The molecule has 0 fully saturated rings. The molecule has 0 spiro atoms. The third-order valence-electron chi connectivity index (χ3n) is 3.72. The van der Waals surface area contributed by atoms with Crippen molar-refractivity contribution in [2.75, 3.05) is 5.32 Å². The average molecular weight is 398 g/mol. The number of nitrogens with two attached hydrogens (primary N) is 1. The van der Waals surface area contributed by atoms with E-state index in [0.29, 0.717) is 15.7 Å². The van der Waals surface area contributed by atoms with Gasteiger partial charge in [0.25, 0.3) is 5.91 Å². The van der Waals surface area contributed by atoms with Crippen LogP contribution in [0.2, 0.25) is 0 Å². The summed E-state index contributed by atoms with van der Waals surface area (Å²) in [5.74, 6) is -0.848. The summed E-state index contributed by atoms with van der Waals surface area (Å²) in [4.78, 5) is 35.2. The molecule has 0 atom stereocenters. The smallest absolute Gasteiger partial charge is 0.364 e. The van der Waals surface area contributed by atoms with E-state index in [1.807, 2.05) is 0 Å². The summed E-state index contributed by atoms with van der Waals surface area (Å²) >= 11 is 1.22. The van der Waals surface area contributed by atoms with Gasteiger partial charge in [-0.2, -0.15) is 4.68 Å². The first-order chi connectivity index (χ1) is 13.5. The molecular formula is C17H16N7O3S+. The summed E-state index contributed by atoms with van der Waals surface area (Å²) in [6, 6.07) is 11.3. The molecule has 0 aliphatic carbocycles. The molecule has 0 saturated heterocycles. The number of aromatic nitrogens is 4. The van der Waals surface area contributed by atoms with E-state index in [1.54, 1.807) is 42.1 Å². The van der Waals surface area contributed by atoms with Gasteiger partial charge in [0.15, 0.2) is 5.21 Å². The normalized spacial score (nSPS) is 10.5. The number of H-pyrrole nitrogens is 1. The van der Waals surface area contributed by atoms with Crippen LogP contribution >= 0.6 is 11.8 Å². The van der Waals surface area contributed by atoms with Crippen LogP contribution in [-0.4, -0.2) is 27.3 Å². The Morgan fingerprint density at radius 3 is 2.61 bits per heavy atom. The number of primary amides is 1. The van der Waals surface area contributed by atoms with Crippen LogP contribution in [0.1, 0.15) is 15.9 Å². The molecule has 142 valence electrons. The lowest BCUT2D eigenvalue weighted by molar-refractivity contribution is -0.765. The van der Waals surface area contributed by atoms with Crippen molar-refractivity contribution in [1.29, 1.82) is 0 Å². The van der Waals surface area contributed by atoms with Crippen molar-refractivity contribution in [3.8, 4) is 0 Å². The van der Waals surface area contributed by atoms with Crippen molar-refractivity contribution in [2.24, 2.45) is 18.0 Å². The minimum absolute atomic E-state index is 0.122. The third kappa shape index (κ3) is 4.57. The summed E-state index contributed by atoms with van der Waals surface area (Å²) in [5, 5.41) is 16.5. The molecule has 2 amide bonds. The largest absolute Gasteiger partial charge is 0.369 e. The van der Waals surface area contributed by atoms with Crippen molar-refractivity contribution >= 4 is 35.0 Å². The first-order valence-corrected chi connectivity index (χ1v) is 8.89. The Balaban J connectivity index is 1.84. The summed E-state index contributed by atoms with van der Waals surface area (Å²) in [7, 11) is 1.73. The Hall–Kier alpha value is -3.60. The number of nitrogens with one attached hydrogen (secondary N) is 2. The highest BCUT2D eigenvalue weighted by Crippen LogP contribution is 2.30. The summed E-state index contributed by atoms with van der Waals surface area (Å²) in [6.45, 7) is 0. The van der Waals surface area contributed by atoms with E-state index in [9.17, 15) is 14.5 Å². The number of benzene rings is 2. The topological polar surface area (TPSA) is 147 Å². The second kappa shape index (κ2) is 8.39. The number of rotatable bonds is 7. The third-order valence-corrected chi connectivity index (χ3v) is 4.84. The molecule has 0 unspecified atom stereocenters. The molecule has 28 heavy (non-hydrogen) atoms. The van der Waals surface area contributed by atoms with Gasteiger partial charge in [0, 0.05) is 10.6 Å². The second-order valence-electron chi connectivity index (χ2n) is 5.81. The van der Waals surface area contributed by atoms with Crippen LogP contribution in [-0.2, 0) is 18.3 Å².